The average Bonchev–Trinajstić information content (AvgIpc) is 2.38. The Hall–Kier alpha value is -1.85. The summed E-state index contributed by atoms with van der Waals surface area (Å²) in [4.78, 5) is 0.218. The molecule has 0 heterocycles. The SMILES string of the molecule is CC(O)c1ccc(Oc2cccc(S(C)(=O)=O)c2)cc1. The standard InChI is InChI=1S/C15H16O4S/c1-11(16)12-6-8-13(9-7-12)19-14-4-3-5-15(10-14)20(2,17)18/h3-11,16H,1-2H3. The van der Waals surface area contributed by atoms with E-state index in [1.54, 1.807) is 43.3 Å². The lowest BCUT2D eigenvalue weighted by Gasteiger charge is -2.09. The zero-order chi connectivity index (χ0) is 14.8. The van der Waals surface area contributed by atoms with E-state index in [-0.39, 0.29) is 4.90 Å². The molecule has 0 amide bonds. The third-order valence-corrected chi connectivity index (χ3v) is 3.94. The second-order valence-electron chi connectivity index (χ2n) is 4.59. The molecule has 0 aliphatic heterocycles. The average molecular weight is 292 g/mol. The van der Waals surface area contributed by atoms with Gasteiger partial charge in [-0.2, -0.15) is 0 Å². The summed E-state index contributed by atoms with van der Waals surface area (Å²) in [5.74, 6) is 1.04. The van der Waals surface area contributed by atoms with Crippen LogP contribution in [0.5, 0.6) is 11.5 Å². The summed E-state index contributed by atoms with van der Waals surface area (Å²) in [6, 6.07) is 13.3. The predicted octanol–water partition coefficient (Wildman–Crippen LogP) is 2.94. The second kappa shape index (κ2) is 5.64. The minimum absolute atomic E-state index is 0.218. The molecule has 1 N–H and O–H groups in total. The van der Waals surface area contributed by atoms with Gasteiger partial charge in [-0.05, 0) is 42.8 Å². The van der Waals surface area contributed by atoms with Crippen molar-refractivity contribution in [1.82, 2.24) is 0 Å². The first-order valence-corrected chi connectivity index (χ1v) is 8.01. The fraction of sp³-hybridized carbons (Fsp3) is 0.200. The van der Waals surface area contributed by atoms with Crippen LogP contribution in [0.2, 0.25) is 0 Å². The van der Waals surface area contributed by atoms with Gasteiger partial charge < -0.3 is 9.84 Å². The molecular formula is C15H16O4S. The molecule has 0 spiro atoms. The zero-order valence-corrected chi connectivity index (χ0v) is 12.1. The summed E-state index contributed by atoms with van der Waals surface area (Å²) in [6.45, 7) is 1.69. The molecule has 0 aliphatic carbocycles. The number of rotatable bonds is 4. The fourth-order valence-corrected chi connectivity index (χ4v) is 2.37. The number of hydrogen-bond acceptors (Lipinski definition) is 4. The van der Waals surface area contributed by atoms with E-state index >= 15 is 0 Å². The first-order valence-electron chi connectivity index (χ1n) is 6.12. The molecule has 1 unspecified atom stereocenters. The van der Waals surface area contributed by atoms with Crippen molar-refractivity contribution in [3.05, 3.63) is 54.1 Å². The van der Waals surface area contributed by atoms with Crippen LogP contribution in [0.3, 0.4) is 0 Å². The Kier molecular flexibility index (Phi) is 4.11. The molecule has 0 saturated carbocycles. The van der Waals surface area contributed by atoms with Gasteiger partial charge in [-0.1, -0.05) is 18.2 Å². The summed E-state index contributed by atoms with van der Waals surface area (Å²) in [5.41, 5.74) is 0.794. The number of aliphatic hydroxyl groups excluding tert-OH is 1. The predicted molar refractivity (Wildman–Crippen MR) is 76.7 cm³/mol. The Morgan fingerprint density at radius 2 is 1.70 bits per heavy atom. The number of ether oxygens (including phenoxy) is 1. The molecule has 0 saturated heterocycles. The molecule has 0 radical (unpaired) electrons. The second-order valence-corrected chi connectivity index (χ2v) is 6.61. The van der Waals surface area contributed by atoms with E-state index in [2.05, 4.69) is 0 Å². The van der Waals surface area contributed by atoms with E-state index in [0.717, 1.165) is 11.8 Å². The van der Waals surface area contributed by atoms with Crippen molar-refractivity contribution in [1.29, 1.82) is 0 Å². The van der Waals surface area contributed by atoms with Crippen LogP contribution in [0.1, 0.15) is 18.6 Å². The van der Waals surface area contributed by atoms with Crippen molar-refractivity contribution in [3.8, 4) is 11.5 Å². The Labute approximate surface area is 118 Å². The van der Waals surface area contributed by atoms with Crippen molar-refractivity contribution < 1.29 is 18.3 Å². The molecule has 2 rings (SSSR count). The normalized spacial score (nSPS) is 12.9. The first kappa shape index (κ1) is 14.6. The van der Waals surface area contributed by atoms with Crippen LogP contribution in [0.15, 0.2) is 53.4 Å². The highest BCUT2D eigenvalue weighted by molar-refractivity contribution is 7.90. The van der Waals surface area contributed by atoms with Crippen molar-refractivity contribution >= 4 is 9.84 Å². The maximum absolute atomic E-state index is 11.5. The van der Waals surface area contributed by atoms with Crippen molar-refractivity contribution in [3.63, 3.8) is 0 Å². The van der Waals surface area contributed by atoms with E-state index in [1.807, 2.05) is 0 Å². The number of aliphatic hydroxyl groups is 1. The minimum atomic E-state index is -3.25. The maximum Gasteiger partial charge on any atom is 0.175 e. The van der Waals surface area contributed by atoms with Crippen molar-refractivity contribution in [2.24, 2.45) is 0 Å². The van der Waals surface area contributed by atoms with Crippen LogP contribution in [0, 0.1) is 0 Å². The van der Waals surface area contributed by atoms with Crippen LogP contribution in [-0.4, -0.2) is 19.8 Å². The van der Waals surface area contributed by atoms with Gasteiger partial charge in [0.25, 0.3) is 0 Å². The van der Waals surface area contributed by atoms with E-state index < -0.39 is 15.9 Å². The third kappa shape index (κ3) is 3.59. The largest absolute Gasteiger partial charge is 0.457 e. The lowest BCUT2D eigenvalue weighted by molar-refractivity contribution is 0.199. The van der Waals surface area contributed by atoms with Crippen molar-refractivity contribution in [2.45, 2.75) is 17.9 Å². The lowest BCUT2D eigenvalue weighted by atomic mass is 10.1. The Morgan fingerprint density at radius 1 is 1.05 bits per heavy atom. The van der Waals surface area contributed by atoms with Gasteiger partial charge >= 0.3 is 0 Å². The number of benzene rings is 2. The summed E-state index contributed by atoms with van der Waals surface area (Å²) in [7, 11) is -3.25. The molecule has 1 atom stereocenters. The minimum Gasteiger partial charge on any atom is -0.457 e. The highest BCUT2D eigenvalue weighted by Crippen LogP contribution is 2.25. The smallest absolute Gasteiger partial charge is 0.175 e. The molecule has 0 aromatic heterocycles. The third-order valence-electron chi connectivity index (χ3n) is 2.83. The monoisotopic (exact) mass is 292 g/mol. The van der Waals surface area contributed by atoms with Gasteiger partial charge in [-0.15, -0.1) is 0 Å². The maximum atomic E-state index is 11.5. The van der Waals surface area contributed by atoms with E-state index in [4.69, 9.17) is 4.74 Å². The van der Waals surface area contributed by atoms with Crippen LogP contribution in [0.4, 0.5) is 0 Å². The van der Waals surface area contributed by atoms with Gasteiger partial charge in [0.2, 0.25) is 0 Å². The summed E-state index contributed by atoms with van der Waals surface area (Å²) in [5, 5.41) is 9.42. The van der Waals surface area contributed by atoms with Gasteiger partial charge in [0.05, 0.1) is 11.0 Å². The quantitative estimate of drug-likeness (QED) is 0.941. The first-order chi connectivity index (χ1) is 9.36. The summed E-state index contributed by atoms with van der Waals surface area (Å²) >= 11 is 0. The van der Waals surface area contributed by atoms with Crippen molar-refractivity contribution in [2.75, 3.05) is 6.26 Å². The highest BCUT2D eigenvalue weighted by Gasteiger charge is 2.08. The molecule has 4 nitrogen and oxygen atoms in total. The summed E-state index contributed by atoms with van der Waals surface area (Å²) in [6.07, 6.45) is 0.626. The Morgan fingerprint density at radius 3 is 2.25 bits per heavy atom. The van der Waals surface area contributed by atoms with Gasteiger partial charge in [0.1, 0.15) is 11.5 Å². The Balaban J connectivity index is 2.22. The fourth-order valence-electron chi connectivity index (χ4n) is 1.72. The molecule has 2 aromatic carbocycles. The van der Waals surface area contributed by atoms with Gasteiger partial charge in [0.15, 0.2) is 9.84 Å². The molecule has 0 fully saturated rings. The molecule has 20 heavy (non-hydrogen) atoms. The molecular weight excluding hydrogens is 276 g/mol. The highest BCUT2D eigenvalue weighted by atomic mass is 32.2. The van der Waals surface area contributed by atoms with Crippen LogP contribution in [0.25, 0.3) is 0 Å². The van der Waals surface area contributed by atoms with Crippen LogP contribution >= 0.6 is 0 Å². The lowest BCUT2D eigenvalue weighted by Crippen LogP contribution is -1.97. The van der Waals surface area contributed by atoms with Gasteiger partial charge in [-0.3, -0.25) is 0 Å². The summed E-state index contributed by atoms with van der Waals surface area (Å²) < 4.78 is 28.6. The van der Waals surface area contributed by atoms with Crippen LogP contribution < -0.4 is 4.74 Å². The number of sulfone groups is 1. The zero-order valence-electron chi connectivity index (χ0n) is 11.3. The molecule has 0 aliphatic rings. The number of hydrogen-bond donors (Lipinski definition) is 1. The van der Waals surface area contributed by atoms with E-state index in [1.165, 1.54) is 12.1 Å². The molecule has 106 valence electrons. The van der Waals surface area contributed by atoms with Crippen LogP contribution in [-0.2, 0) is 9.84 Å². The molecule has 0 bridgehead atoms. The van der Waals surface area contributed by atoms with E-state index in [9.17, 15) is 13.5 Å². The molecule has 5 heteroatoms. The van der Waals surface area contributed by atoms with Gasteiger partial charge in [0, 0.05) is 6.26 Å². The Bertz CT molecular complexity index is 688. The topological polar surface area (TPSA) is 63.6 Å². The van der Waals surface area contributed by atoms with E-state index in [0.29, 0.717) is 11.5 Å². The molecule has 2 aromatic rings. The van der Waals surface area contributed by atoms with Gasteiger partial charge in [-0.25, -0.2) is 8.42 Å².